The maximum atomic E-state index is 5.69. The van der Waals surface area contributed by atoms with Crippen LogP contribution in [-0.4, -0.2) is 4.98 Å². The van der Waals surface area contributed by atoms with E-state index in [0.29, 0.717) is 11.4 Å². The molecule has 0 aliphatic rings. The van der Waals surface area contributed by atoms with Crippen molar-refractivity contribution in [1.82, 2.24) is 4.98 Å². The molecule has 0 fully saturated rings. The standard InChI is InChI=1S/C9H9N3S2/c10-7-2-1-6(5-8(7)11)14-9-12-3-4-13-9/h1-5H,10-11H2. The highest BCUT2D eigenvalue weighted by Gasteiger charge is 2.01. The van der Waals surface area contributed by atoms with E-state index in [2.05, 4.69) is 4.98 Å². The van der Waals surface area contributed by atoms with Crippen molar-refractivity contribution in [2.75, 3.05) is 11.5 Å². The summed E-state index contributed by atoms with van der Waals surface area (Å²) in [5.74, 6) is 0. The van der Waals surface area contributed by atoms with Gasteiger partial charge in [-0.15, -0.1) is 11.3 Å². The van der Waals surface area contributed by atoms with Crippen LogP contribution >= 0.6 is 23.1 Å². The van der Waals surface area contributed by atoms with Gasteiger partial charge in [-0.1, -0.05) is 11.8 Å². The van der Waals surface area contributed by atoms with Crippen LogP contribution in [0.1, 0.15) is 0 Å². The summed E-state index contributed by atoms with van der Waals surface area (Å²) in [7, 11) is 0. The average molecular weight is 223 g/mol. The van der Waals surface area contributed by atoms with Crippen LogP contribution in [-0.2, 0) is 0 Å². The summed E-state index contributed by atoms with van der Waals surface area (Å²) < 4.78 is 1.01. The third-order valence-corrected chi connectivity index (χ3v) is 3.55. The lowest BCUT2D eigenvalue weighted by Gasteiger charge is -2.02. The van der Waals surface area contributed by atoms with Gasteiger partial charge in [0.2, 0.25) is 0 Å². The third-order valence-electron chi connectivity index (χ3n) is 1.67. The molecule has 4 N–H and O–H groups in total. The third kappa shape index (κ3) is 2.00. The van der Waals surface area contributed by atoms with Gasteiger partial charge in [-0.2, -0.15) is 0 Å². The minimum Gasteiger partial charge on any atom is -0.397 e. The number of aromatic nitrogens is 1. The molecule has 0 atom stereocenters. The zero-order valence-corrected chi connectivity index (χ0v) is 8.94. The maximum Gasteiger partial charge on any atom is 0.154 e. The number of nitrogens with zero attached hydrogens (tertiary/aromatic N) is 1. The Labute approximate surface area is 90.2 Å². The van der Waals surface area contributed by atoms with E-state index in [0.717, 1.165) is 9.24 Å². The lowest BCUT2D eigenvalue weighted by Crippen LogP contribution is -1.93. The van der Waals surface area contributed by atoms with Crippen LogP contribution in [0.2, 0.25) is 0 Å². The van der Waals surface area contributed by atoms with Crippen LogP contribution in [0.15, 0.2) is 39.0 Å². The predicted molar refractivity (Wildman–Crippen MR) is 61.5 cm³/mol. The summed E-state index contributed by atoms with van der Waals surface area (Å²) >= 11 is 3.20. The van der Waals surface area contributed by atoms with Crippen molar-refractivity contribution in [2.45, 2.75) is 9.24 Å². The molecule has 1 heterocycles. The molecule has 0 aliphatic carbocycles. The fourth-order valence-corrected chi connectivity index (χ4v) is 2.62. The highest BCUT2D eigenvalue weighted by atomic mass is 32.2. The van der Waals surface area contributed by atoms with Gasteiger partial charge in [0.1, 0.15) is 0 Å². The Morgan fingerprint density at radius 3 is 2.71 bits per heavy atom. The zero-order chi connectivity index (χ0) is 9.97. The Balaban J connectivity index is 2.22. The van der Waals surface area contributed by atoms with E-state index in [-0.39, 0.29) is 0 Å². The molecule has 14 heavy (non-hydrogen) atoms. The number of anilines is 2. The number of rotatable bonds is 2. The highest BCUT2D eigenvalue weighted by molar-refractivity contribution is 8.01. The van der Waals surface area contributed by atoms with Gasteiger partial charge >= 0.3 is 0 Å². The average Bonchev–Trinajstić information content (AvgIpc) is 2.64. The first kappa shape index (κ1) is 9.36. The number of nitrogens with two attached hydrogens (primary N) is 2. The number of nitrogen functional groups attached to an aromatic ring is 2. The van der Waals surface area contributed by atoms with Gasteiger partial charge < -0.3 is 11.5 Å². The molecule has 0 saturated carbocycles. The monoisotopic (exact) mass is 223 g/mol. The number of hydrogen-bond acceptors (Lipinski definition) is 5. The Morgan fingerprint density at radius 2 is 2.07 bits per heavy atom. The number of thiazole rings is 1. The molecule has 72 valence electrons. The van der Waals surface area contributed by atoms with E-state index >= 15 is 0 Å². The van der Waals surface area contributed by atoms with Crippen molar-refractivity contribution in [3.63, 3.8) is 0 Å². The normalized spacial score (nSPS) is 10.3. The molecule has 0 saturated heterocycles. The molecule has 0 aliphatic heterocycles. The Kier molecular flexibility index (Phi) is 2.60. The van der Waals surface area contributed by atoms with E-state index in [4.69, 9.17) is 11.5 Å². The second kappa shape index (κ2) is 3.89. The second-order valence-electron chi connectivity index (χ2n) is 2.69. The molecule has 0 bridgehead atoms. The minimum atomic E-state index is 0.617. The Morgan fingerprint density at radius 1 is 1.21 bits per heavy atom. The summed E-state index contributed by atoms with van der Waals surface area (Å²) in [6.45, 7) is 0. The summed E-state index contributed by atoms with van der Waals surface area (Å²) in [6, 6.07) is 5.62. The van der Waals surface area contributed by atoms with Crippen LogP contribution in [0.5, 0.6) is 0 Å². The van der Waals surface area contributed by atoms with Gasteiger partial charge in [-0.3, -0.25) is 0 Å². The topological polar surface area (TPSA) is 64.9 Å². The first-order chi connectivity index (χ1) is 6.75. The van der Waals surface area contributed by atoms with Gasteiger partial charge in [-0.25, -0.2) is 4.98 Å². The first-order valence-corrected chi connectivity index (χ1v) is 5.67. The van der Waals surface area contributed by atoms with Crippen LogP contribution in [0.4, 0.5) is 11.4 Å². The van der Waals surface area contributed by atoms with Gasteiger partial charge in [-0.05, 0) is 18.2 Å². The van der Waals surface area contributed by atoms with Crippen molar-refractivity contribution in [3.8, 4) is 0 Å². The SMILES string of the molecule is Nc1ccc(Sc2nccs2)cc1N. The minimum absolute atomic E-state index is 0.617. The van der Waals surface area contributed by atoms with Gasteiger partial charge in [0.15, 0.2) is 4.34 Å². The molecule has 1 aromatic heterocycles. The molecule has 0 radical (unpaired) electrons. The largest absolute Gasteiger partial charge is 0.397 e. The summed E-state index contributed by atoms with van der Waals surface area (Å²) in [5, 5.41) is 1.95. The first-order valence-electron chi connectivity index (χ1n) is 3.98. The predicted octanol–water partition coefficient (Wildman–Crippen LogP) is 2.46. The van der Waals surface area contributed by atoms with Crippen molar-refractivity contribution >= 4 is 34.5 Å². The second-order valence-corrected chi connectivity index (χ2v) is 4.91. The lowest BCUT2D eigenvalue weighted by atomic mass is 10.3. The summed E-state index contributed by atoms with van der Waals surface area (Å²) in [4.78, 5) is 5.23. The van der Waals surface area contributed by atoms with Gasteiger partial charge in [0.25, 0.3) is 0 Å². The molecular weight excluding hydrogens is 214 g/mol. The molecule has 2 aromatic rings. The van der Waals surface area contributed by atoms with E-state index < -0.39 is 0 Å². The number of hydrogen-bond donors (Lipinski definition) is 2. The quantitative estimate of drug-likeness (QED) is 0.768. The van der Waals surface area contributed by atoms with Crippen molar-refractivity contribution in [2.24, 2.45) is 0 Å². The molecule has 0 amide bonds. The maximum absolute atomic E-state index is 5.69. The van der Waals surface area contributed by atoms with Crippen LogP contribution in [0.3, 0.4) is 0 Å². The van der Waals surface area contributed by atoms with Crippen molar-refractivity contribution in [1.29, 1.82) is 0 Å². The molecular formula is C9H9N3S2. The highest BCUT2D eigenvalue weighted by Crippen LogP contribution is 2.31. The summed E-state index contributed by atoms with van der Waals surface area (Å²) in [5.41, 5.74) is 12.5. The molecule has 1 aromatic carbocycles. The van der Waals surface area contributed by atoms with E-state index in [1.807, 2.05) is 23.6 Å². The molecule has 0 spiro atoms. The van der Waals surface area contributed by atoms with E-state index in [1.165, 1.54) is 0 Å². The molecule has 0 unspecified atom stereocenters. The zero-order valence-electron chi connectivity index (χ0n) is 7.31. The molecule has 5 heteroatoms. The fourth-order valence-electron chi connectivity index (χ4n) is 0.978. The van der Waals surface area contributed by atoms with Gasteiger partial charge in [0, 0.05) is 16.5 Å². The Hall–Kier alpha value is -1.20. The molecule has 3 nitrogen and oxygen atoms in total. The van der Waals surface area contributed by atoms with Crippen molar-refractivity contribution < 1.29 is 0 Å². The van der Waals surface area contributed by atoms with E-state index in [1.54, 1.807) is 29.3 Å². The fraction of sp³-hybridized carbons (Fsp3) is 0. The molecule has 2 rings (SSSR count). The Bertz CT molecular complexity index is 426. The van der Waals surface area contributed by atoms with E-state index in [9.17, 15) is 0 Å². The number of benzene rings is 1. The van der Waals surface area contributed by atoms with Gasteiger partial charge in [0.05, 0.1) is 11.4 Å². The van der Waals surface area contributed by atoms with Crippen LogP contribution < -0.4 is 11.5 Å². The summed E-state index contributed by atoms with van der Waals surface area (Å²) in [6.07, 6.45) is 1.79. The van der Waals surface area contributed by atoms with Crippen molar-refractivity contribution in [3.05, 3.63) is 29.8 Å². The smallest absolute Gasteiger partial charge is 0.154 e. The van der Waals surface area contributed by atoms with Crippen LogP contribution in [0.25, 0.3) is 0 Å². The van der Waals surface area contributed by atoms with Crippen LogP contribution in [0, 0.1) is 0 Å². The lowest BCUT2D eigenvalue weighted by molar-refractivity contribution is 1.25.